The lowest BCUT2D eigenvalue weighted by Crippen LogP contribution is -2.17. The van der Waals surface area contributed by atoms with Crippen molar-refractivity contribution in [1.29, 1.82) is 0 Å². The number of nitrogens with zero attached hydrogens (tertiary/aromatic N) is 3. The van der Waals surface area contributed by atoms with Crippen LogP contribution in [0.5, 0.6) is 0 Å². The van der Waals surface area contributed by atoms with Crippen LogP contribution in [0.2, 0.25) is 0 Å². The van der Waals surface area contributed by atoms with Gasteiger partial charge < -0.3 is 31.2 Å². The van der Waals surface area contributed by atoms with E-state index in [4.69, 9.17) is 15.2 Å². The van der Waals surface area contributed by atoms with Crippen molar-refractivity contribution >= 4 is 17.8 Å². The monoisotopic (exact) mass is 435 g/mol. The number of benzene rings is 1. The molecule has 0 bridgehead atoms. The standard InChI is InChI=1S/C21H34FN7O2/c1-16(2)7-9-24-19-27-20(25-10-12-31-14-13-30-11-8-23)29-21(28-19)26-15-17-5-3-4-6-18(17)22/h3-6,16H,7-15,23H2,1-2H3,(H3,24,25,26,27,28,29). The predicted molar refractivity (Wildman–Crippen MR) is 121 cm³/mol. The van der Waals surface area contributed by atoms with Gasteiger partial charge in [-0.1, -0.05) is 32.0 Å². The van der Waals surface area contributed by atoms with Crippen molar-refractivity contribution < 1.29 is 13.9 Å². The summed E-state index contributed by atoms with van der Waals surface area (Å²) in [5.41, 5.74) is 5.90. The minimum Gasteiger partial charge on any atom is -0.378 e. The second kappa shape index (κ2) is 14.4. The van der Waals surface area contributed by atoms with E-state index < -0.39 is 0 Å². The SMILES string of the molecule is CC(C)CCNc1nc(NCCOCCOCCN)nc(NCc2ccccc2F)n1. The molecule has 0 spiro atoms. The van der Waals surface area contributed by atoms with Crippen LogP contribution in [0, 0.1) is 11.7 Å². The highest BCUT2D eigenvalue weighted by Crippen LogP contribution is 2.13. The van der Waals surface area contributed by atoms with Crippen LogP contribution in [-0.2, 0) is 16.0 Å². The van der Waals surface area contributed by atoms with Gasteiger partial charge in [-0.3, -0.25) is 0 Å². The molecule has 0 atom stereocenters. The second-order valence-corrected chi connectivity index (χ2v) is 7.30. The van der Waals surface area contributed by atoms with Crippen LogP contribution < -0.4 is 21.7 Å². The van der Waals surface area contributed by atoms with Gasteiger partial charge in [-0.25, -0.2) is 4.39 Å². The molecule has 31 heavy (non-hydrogen) atoms. The Hall–Kier alpha value is -2.56. The average Bonchev–Trinajstić information content (AvgIpc) is 2.75. The maximum Gasteiger partial charge on any atom is 0.229 e. The lowest BCUT2D eigenvalue weighted by molar-refractivity contribution is 0.0547. The van der Waals surface area contributed by atoms with Gasteiger partial charge in [0.15, 0.2) is 0 Å². The van der Waals surface area contributed by atoms with Crippen LogP contribution >= 0.6 is 0 Å². The van der Waals surface area contributed by atoms with Gasteiger partial charge in [0.05, 0.1) is 26.4 Å². The number of nitrogens with two attached hydrogens (primary N) is 1. The quantitative estimate of drug-likeness (QED) is 0.295. The van der Waals surface area contributed by atoms with Crippen molar-refractivity contribution in [1.82, 2.24) is 15.0 Å². The Bertz CT molecular complexity index is 764. The minimum atomic E-state index is -0.273. The number of ether oxygens (including phenoxy) is 2. The molecule has 2 rings (SSSR count). The van der Waals surface area contributed by atoms with Crippen molar-refractivity contribution in [2.45, 2.75) is 26.8 Å². The summed E-state index contributed by atoms with van der Waals surface area (Å²) in [4.78, 5) is 13.2. The Morgan fingerprint density at radius 1 is 0.871 bits per heavy atom. The Morgan fingerprint density at radius 3 is 2.13 bits per heavy atom. The van der Waals surface area contributed by atoms with E-state index in [1.54, 1.807) is 18.2 Å². The third-order valence-corrected chi connectivity index (χ3v) is 4.20. The van der Waals surface area contributed by atoms with E-state index in [1.807, 2.05) is 0 Å². The predicted octanol–water partition coefficient (Wildman–Crippen LogP) is 2.48. The molecule has 0 saturated carbocycles. The van der Waals surface area contributed by atoms with E-state index in [9.17, 15) is 4.39 Å². The highest BCUT2D eigenvalue weighted by molar-refractivity contribution is 5.42. The van der Waals surface area contributed by atoms with E-state index >= 15 is 0 Å². The first-order chi connectivity index (χ1) is 15.1. The number of anilines is 3. The number of halogens is 1. The number of hydrogen-bond donors (Lipinski definition) is 4. The van der Waals surface area contributed by atoms with Gasteiger partial charge in [0, 0.05) is 31.7 Å². The number of nitrogens with one attached hydrogen (secondary N) is 3. The Labute approximate surface area is 183 Å². The van der Waals surface area contributed by atoms with Crippen LogP contribution in [0.1, 0.15) is 25.8 Å². The highest BCUT2D eigenvalue weighted by atomic mass is 19.1. The third-order valence-electron chi connectivity index (χ3n) is 4.20. The molecule has 0 amide bonds. The highest BCUT2D eigenvalue weighted by Gasteiger charge is 2.08. The first-order valence-corrected chi connectivity index (χ1v) is 10.6. The molecule has 1 aromatic carbocycles. The van der Waals surface area contributed by atoms with Gasteiger partial charge in [0.1, 0.15) is 5.82 Å². The Kier molecular flexibility index (Phi) is 11.5. The van der Waals surface area contributed by atoms with Gasteiger partial charge in [-0.15, -0.1) is 0 Å². The molecule has 172 valence electrons. The molecular weight excluding hydrogens is 401 g/mol. The summed E-state index contributed by atoms with van der Waals surface area (Å²) < 4.78 is 24.6. The summed E-state index contributed by atoms with van der Waals surface area (Å²) in [6.45, 7) is 8.38. The first kappa shape index (κ1) is 24.7. The zero-order valence-electron chi connectivity index (χ0n) is 18.4. The minimum absolute atomic E-state index is 0.271. The van der Waals surface area contributed by atoms with Gasteiger partial charge in [-0.05, 0) is 18.4 Å². The molecule has 5 N–H and O–H groups in total. The van der Waals surface area contributed by atoms with Crippen molar-refractivity contribution in [3.8, 4) is 0 Å². The lowest BCUT2D eigenvalue weighted by Gasteiger charge is -2.12. The smallest absolute Gasteiger partial charge is 0.229 e. The summed E-state index contributed by atoms with van der Waals surface area (Å²) in [5.74, 6) is 1.54. The largest absolute Gasteiger partial charge is 0.378 e. The summed E-state index contributed by atoms with van der Waals surface area (Å²) in [5, 5.41) is 9.43. The molecule has 10 heteroatoms. The van der Waals surface area contributed by atoms with Crippen LogP contribution in [0.25, 0.3) is 0 Å². The zero-order chi connectivity index (χ0) is 22.3. The van der Waals surface area contributed by atoms with Gasteiger partial charge in [-0.2, -0.15) is 15.0 Å². The molecular formula is C21H34FN7O2. The maximum atomic E-state index is 13.9. The number of rotatable bonds is 16. The molecule has 0 radical (unpaired) electrons. The van der Waals surface area contributed by atoms with Crippen LogP contribution in [0.4, 0.5) is 22.2 Å². The van der Waals surface area contributed by atoms with Crippen molar-refractivity contribution in [3.05, 3.63) is 35.6 Å². The topological polar surface area (TPSA) is 119 Å². The van der Waals surface area contributed by atoms with E-state index in [-0.39, 0.29) is 12.4 Å². The Balaban J connectivity index is 1.90. The lowest BCUT2D eigenvalue weighted by atomic mass is 10.1. The molecule has 0 fully saturated rings. The molecule has 0 aliphatic rings. The van der Waals surface area contributed by atoms with Crippen LogP contribution in [-0.4, -0.2) is 61.0 Å². The van der Waals surface area contributed by atoms with Crippen LogP contribution in [0.15, 0.2) is 24.3 Å². The Morgan fingerprint density at radius 2 is 1.48 bits per heavy atom. The summed E-state index contributed by atoms with van der Waals surface area (Å²) in [6, 6.07) is 6.60. The average molecular weight is 436 g/mol. The van der Waals surface area contributed by atoms with Gasteiger partial charge in [0.25, 0.3) is 0 Å². The maximum absolute atomic E-state index is 13.9. The summed E-state index contributed by atoms with van der Waals surface area (Å²) in [7, 11) is 0. The normalized spacial score (nSPS) is 11.0. The van der Waals surface area contributed by atoms with Crippen molar-refractivity contribution in [2.24, 2.45) is 11.7 Å². The fraction of sp³-hybridized carbons (Fsp3) is 0.571. The molecule has 1 heterocycles. The molecule has 0 aliphatic heterocycles. The second-order valence-electron chi connectivity index (χ2n) is 7.30. The van der Waals surface area contributed by atoms with Crippen LogP contribution in [0.3, 0.4) is 0 Å². The molecule has 2 aromatic rings. The number of hydrogen-bond acceptors (Lipinski definition) is 9. The zero-order valence-corrected chi connectivity index (χ0v) is 18.4. The molecule has 0 unspecified atom stereocenters. The van der Waals surface area contributed by atoms with Gasteiger partial charge in [0.2, 0.25) is 17.8 Å². The summed E-state index contributed by atoms with van der Waals surface area (Å²) >= 11 is 0. The first-order valence-electron chi connectivity index (χ1n) is 10.6. The fourth-order valence-electron chi connectivity index (χ4n) is 2.54. The van der Waals surface area contributed by atoms with Crippen molar-refractivity contribution in [3.63, 3.8) is 0 Å². The number of aromatic nitrogens is 3. The van der Waals surface area contributed by atoms with E-state index in [2.05, 4.69) is 44.7 Å². The van der Waals surface area contributed by atoms with Gasteiger partial charge >= 0.3 is 0 Å². The molecule has 9 nitrogen and oxygen atoms in total. The van der Waals surface area contributed by atoms with E-state index in [0.717, 1.165) is 13.0 Å². The molecule has 0 saturated heterocycles. The summed E-state index contributed by atoms with van der Waals surface area (Å²) in [6.07, 6.45) is 0.993. The molecule has 1 aromatic heterocycles. The van der Waals surface area contributed by atoms with E-state index in [1.165, 1.54) is 6.07 Å². The fourth-order valence-corrected chi connectivity index (χ4v) is 2.54. The van der Waals surface area contributed by atoms with Crippen molar-refractivity contribution in [2.75, 3.05) is 62.0 Å². The van der Waals surface area contributed by atoms with E-state index in [0.29, 0.717) is 68.8 Å². The molecule has 0 aliphatic carbocycles. The third kappa shape index (κ3) is 10.3.